The van der Waals surface area contributed by atoms with Crippen molar-refractivity contribution in [2.45, 2.75) is 31.4 Å². The molecule has 1 aliphatic heterocycles. The van der Waals surface area contributed by atoms with Crippen molar-refractivity contribution in [1.82, 2.24) is 4.90 Å². The summed E-state index contributed by atoms with van der Waals surface area (Å²) in [4.78, 5) is 2.43. The molecule has 0 radical (unpaired) electrons. The second-order valence-corrected chi connectivity index (χ2v) is 6.07. The third-order valence-electron chi connectivity index (χ3n) is 3.90. The Morgan fingerprint density at radius 1 is 1.10 bits per heavy atom. The number of halogens is 4. The smallest absolute Gasteiger partial charge is 0.303 e. The fourth-order valence-corrected chi connectivity index (χ4v) is 2.97. The van der Waals surface area contributed by atoms with Crippen molar-refractivity contribution in [2.75, 3.05) is 25.0 Å². The molecule has 1 heterocycles. The molecular formula is C15H19BrF3N. The Kier molecular flexibility index (Phi) is 5.49. The molecule has 112 valence electrons. The molecule has 1 aromatic carbocycles. The number of hydrogen-bond donors (Lipinski definition) is 0. The van der Waals surface area contributed by atoms with Gasteiger partial charge >= 0.3 is 6.18 Å². The highest BCUT2D eigenvalue weighted by Crippen LogP contribution is 2.32. The lowest BCUT2D eigenvalue weighted by atomic mass is 9.89. The van der Waals surface area contributed by atoms with Crippen molar-refractivity contribution in [3.8, 4) is 0 Å². The number of alkyl halides is 4. The van der Waals surface area contributed by atoms with E-state index in [1.165, 1.54) is 12.1 Å². The number of hydrogen-bond acceptors (Lipinski definition) is 1. The molecule has 0 aromatic heterocycles. The molecule has 0 spiro atoms. The Morgan fingerprint density at radius 3 is 2.20 bits per heavy atom. The molecule has 5 heteroatoms. The summed E-state index contributed by atoms with van der Waals surface area (Å²) in [5.41, 5.74) is 0.481. The van der Waals surface area contributed by atoms with Gasteiger partial charge in [-0.15, -0.1) is 0 Å². The van der Waals surface area contributed by atoms with Crippen molar-refractivity contribution < 1.29 is 13.2 Å². The Bertz CT molecular complexity index is 408. The van der Waals surface area contributed by atoms with E-state index in [1.54, 1.807) is 12.1 Å². The van der Waals surface area contributed by atoms with Crippen LogP contribution in [0.15, 0.2) is 24.3 Å². The van der Waals surface area contributed by atoms with Crippen molar-refractivity contribution in [2.24, 2.45) is 0 Å². The average molecular weight is 350 g/mol. The van der Waals surface area contributed by atoms with Crippen LogP contribution in [-0.2, 0) is 6.18 Å². The minimum atomic E-state index is -4.24. The molecule has 0 amide bonds. The molecule has 2 rings (SSSR count). The Morgan fingerprint density at radius 2 is 1.70 bits per heavy atom. The van der Waals surface area contributed by atoms with Crippen LogP contribution in [0.3, 0.4) is 0 Å². The zero-order chi connectivity index (χ0) is 14.6. The number of likely N-dealkylation sites (tertiary alicyclic amines) is 1. The van der Waals surface area contributed by atoms with E-state index in [2.05, 4.69) is 20.8 Å². The Labute approximate surface area is 126 Å². The van der Waals surface area contributed by atoms with Gasteiger partial charge in [0.1, 0.15) is 0 Å². The van der Waals surface area contributed by atoms with E-state index in [4.69, 9.17) is 0 Å². The highest BCUT2D eigenvalue weighted by atomic mass is 79.9. The SMILES string of the molecule is FC(F)(F)c1ccc(C2CCN(CCCBr)CC2)cc1. The van der Waals surface area contributed by atoms with Crippen LogP contribution in [0.4, 0.5) is 13.2 Å². The predicted octanol–water partition coefficient (Wildman–Crippen LogP) is 4.67. The number of piperidine rings is 1. The first-order valence-corrected chi connectivity index (χ1v) is 8.08. The highest BCUT2D eigenvalue weighted by Gasteiger charge is 2.30. The van der Waals surface area contributed by atoms with Gasteiger partial charge in [0.25, 0.3) is 0 Å². The van der Waals surface area contributed by atoms with E-state index in [0.29, 0.717) is 5.92 Å². The van der Waals surface area contributed by atoms with Gasteiger partial charge in [-0.25, -0.2) is 0 Å². The van der Waals surface area contributed by atoms with Gasteiger partial charge in [-0.2, -0.15) is 13.2 Å². The monoisotopic (exact) mass is 349 g/mol. The van der Waals surface area contributed by atoms with Gasteiger partial charge in [0.05, 0.1) is 5.56 Å². The second-order valence-electron chi connectivity index (χ2n) is 5.28. The fourth-order valence-electron chi connectivity index (χ4n) is 2.72. The summed E-state index contributed by atoms with van der Waals surface area (Å²) in [5, 5.41) is 1.02. The first-order valence-electron chi connectivity index (χ1n) is 6.96. The van der Waals surface area contributed by atoms with Gasteiger partial charge in [0.15, 0.2) is 0 Å². The Balaban J connectivity index is 1.90. The van der Waals surface area contributed by atoms with Crippen molar-refractivity contribution in [1.29, 1.82) is 0 Å². The molecule has 0 unspecified atom stereocenters. The Hall–Kier alpha value is -0.550. The van der Waals surface area contributed by atoms with E-state index in [9.17, 15) is 13.2 Å². The first-order chi connectivity index (χ1) is 9.50. The molecule has 1 fully saturated rings. The van der Waals surface area contributed by atoms with Gasteiger partial charge in [0.2, 0.25) is 0 Å². The summed E-state index contributed by atoms with van der Waals surface area (Å²) in [5.74, 6) is 0.400. The lowest BCUT2D eigenvalue weighted by Gasteiger charge is -2.32. The molecule has 1 aliphatic rings. The summed E-state index contributed by atoms with van der Waals surface area (Å²) < 4.78 is 37.6. The lowest BCUT2D eigenvalue weighted by Crippen LogP contribution is -2.33. The normalized spacial score (nSPS) is 18.4. The average Bonchev–Trinajstić information content (AvgIpc) is 2.45. The summed E-state index contributed by atoms with van der Waals surface area (Å²) >= 11 is 3.43. The van der Waals surface area contributed by atoms with Crippen molar-refractivity contribution >= 4 is 15.9 Å². The third-order valence-corrected chi connectivity index (χ3v) is 4.47. The van der Waals surface area contributed by atoms with Gasteiger partial charge in [0, 0.05) is 5.33 Å². The summed E-state index contributed by atoms with van der Waals surface area (Å²) in [7, 11) is 0. The van der Waals surface area contributed by atoms with E-state index in [1.807, 2.05) is 0 Å². The molecule has 0 aliphatic carbocycles. The minimum absolute atomic E-state index is 0.400. The lowest BCUT2D eigenvalue weighted by molar-refractivity contribution is -0.137. The van der Waals surface area contributed by atoms with Crippen LogP contribution in [-0.4, -0.2) is 29.9 Å². The summed E-state index contributed by atoms with van der Waals surface area (Å²) in [6, 6.07) is 5.68. The van der Waals surface area contributed by atoms with E-state index in [-0.39, 0.29) is 0 Å². The number of rotatable bonds is 4. The molecule has 0 saturated carbocycles. The van der Waals surface area contributed by atoms with Crippen molar-refractivity contribution in [3.05, 3.63) is 35.4 Å². The highest BCUT2D eigenvalue weighted by molar-refractivity contribution is 9.09. The zero-order valence-corrected chi connectivity index (χ0v) is 12.9. The van der Waals surface area contributed by atoms with Gasteiger partial charge in [-0.05, 0) is 62.5 Å². The first kappa shape index (κ1) is 15.8. The van der Waals surface area contributed by atoms with Gasteiger partial charge in [-0.1, -0.05) is 28.1 Å². The summed E-state index contributed by atoms with van der Waals surface area (Å²) in [6.45, 7) is 3.18. The largest absolute Gasteiger partial charge is 0.416 e. The number of benzene rings is 1. The van der Waals surface area contributed by atoms with Crippen LogP contribution < -0.4 is 0 Å². The van der Waals surface area contributed by atoms with Gasteiger partial charge < -0.3 is 4.90 Å². The van der Waals surface area contributed by atoms with Gasteiger partial charge in [-0.3, -0.25) is 0 Å². The molecule has 20 heavy (non-hydrogen) atoms. The molecule has 1 aromatic rings. The molecule has 0 bridgehead atoms. The molecular weight excluding hydrogens is 331 g/mol. The minimum Gasteiger partial charge on any atom is -0.303 e. The second kappa shape index (κ2) is 6.94. The maximum Gasteiger partial charge on any atom is 0.416 e. The van der Waals surface area contributed by atoms with Crippen LogP contribution in [0.5, 0.6) is 0 Å². The molecule has 0 N–H and O–H groups in total. The maximum absolute atomic E-state index is 12.5. The number of nitrogens with zero attached hydrogens (tertiary/aromatic N) is 1. The van der Waals surface area contributed by atoms with Crippen LogP contribution in [0.2, 0.25) is 0 Å². The van der Waals surface area contributed by atoms with Crippen LogP contribution >= 0.6 is 15.9 Å². The molecule has 0 atom stereocenters. The maximum atomic E-state index is 12.5. The van der Waals surface area contributed by atoms with Crippen molar-refractivity contribution in [3.63, 3.8) is 0 Å². The standard InChI is InChI=1S/C15H19BrF3N/c16-8-1-9-20-10-6-13(7-11-20)12-2-4-14(5-3-12)15(17,18)19/h2-5,13H,1,6-11H2. The third kappa shape index (κ3) is 4.22. The quantitative estimate of drug-likeness (QED) is 0.714. The van der Waals surface area contributed by atoms with Crippen LogP contribution in [0.1, 0.15) is 36.3 Å². The topological polar surface area (TPSA) is 3.24 Å². The molecule has 1 saturated heterocycles. The fraction of sp³-hybridized carbons (Fsp3) is 0.600. The zero-order valence-electron chi connectivity index (χ0n) is 11.3. The van der Waals surface area contributed by atoms with E-state index in [0.717, 1.165) is 49.8 Å². The molecule has 1 nitrogen and oxygen atoms in total. The van der Waals surface area contributed by atoms with E-state index < -0.39 is 11.7 Å². The van der Waals surface area contributed by atoms with Crippen LogP contribution in [0.25, 0.3) is 0 Å². The van der Waals surface area contributed by atoms with E-state index >= 15 is 0 Å². The predicted molar refractivity (Wildman–Crippen MR) is 78.3 cm³/mol. The van der Waals surface area contributed by atoms with Crippen LogP contribution in [0, 0.1) is 0 Å². The summed E-state index contributed by atoms with van der Waals surface area (Å²) in [6.07, 6.45) is -1.02.